The predicted molar refractivity (Wildman–Crippen MR) is 71.3 cm³/mol. The van der Waals surface area contributed by atoms with Gasteiger partial charge in [-0.05, 0) is 58.0 Å². The molecule has 1 aliphatic heterocycles. The Bertz CT molecular complexity index is 206. The summed E-state index contributed by atoms with van der Waals surface area (Å²) >= 11 is 0. The number of methoxy groups -OCH3 is 1. The number of likely N-dealkylation sites (tertiary alicyclic amines) is 1. The highest BCUT2D eigenvalue weighted by atomic mass is 16.5. The van der Waals surface area contributed by atoms with E-state index in [0.29, 0.717) is 0 Å². The van der Waals surface area contributed by atoms with Crippen LogP contribution in [0.3, 0.4) is 0 Å². The number of rotatable bonds is 8. The van der Waals surface area contributed by atoms with Gasteiger partial charge in [-0.25, -0.2) is 0 Å². The highest BCUT2D eigenvalue weighted by molar-refractivity contribution is 4.87. The maximum Gasteiger partial charge on any atom is 0.0462 e. The van der Waals surface area contributed by atoms with Gasteiger partial charge >= 0.3 is 0 Å². The van der Waals surface area contributed by atoms with E-state index in [9.17, 15) is 0 Å². The van der Waals surface area contributed by atoms with Crippen molar-refractivity contribution in [3.05, 3.63) is 0 Å². The molecule has 3 nitrogen and oxygen atoms in total. The molecule has 0 bridgehead atoms. The third-order valence-electron chi connectivity index (χ3n) is 3.88. The van der Waals surface area contributed by atoms with E-state index >= 15 is 0 Å². The Morgan fingerprint density at radius 3 is 2.76 bits per heavy atom. The number of hydrogen-bond acceptors (Lipinski definition) is 3. The average Bonchev–Trinajstić information content (AvgIpc) is 3.13. The molecule has 1 saturated carbocycles. The van der Waals surface area contributed by atoms with Crippen LogP contribution in [-0.2, 0) is 4.74 Å². The van der Waals surface area contributed by atoms with Crippen molar-refractivity contribution >= 4 is 0 Å². The van der Waals surface area contributed by atoms with Crippen molar-refractivity contribution in [1.29, 1.82) is 0 Å². The molecular weight excluding hydrogens is 212 g/mol. The van der Waals surface area contributed by atoms with Crippen molar-refractivity contribution in [1.82, 2.24) is 10.2 Å². The monoisotopic (exact) mass is 240 g/mol. The standard InChI is InChI=1S/C14H28N2O/c1-17-11-4-2-3-9-16-10-5-6-14(12-16)15-13-7-8-13/h13-15H,2-12H2,1H3. The lowest BCUT2D eigenvalue weighted by molar-refractivity contribution is 0.174. The topological polar surface area (TPSA) is 24.5 Å². The van der Waals surface area contributed by atoms with Gasteiger partial charge in [0.1, 0.15) is 0 Å². The van der Waals surface area contributed by atoms with Crippen LogP contribution in [0.5, 0.6) is 0 Å². The van der Waals surface area contributed by atoms with Gasteiger partial charge < -0.3 is 15.0 Å². The summed E-state index contributed by atoms with van der Waals surface area (Å²) in [4.78, 5) is 2.65. The van der Waals surface area contributed by atoms with Gasteiger partial charge in [-0.3, -0.25) is 0 Å². The van der Waals surface area contributed by atoms with Crippen LogP contribution in [0.1, 0.15) is 44.9 Å². The molecule has 17 heavy (non-hydrogen) atoms. The molecule has 1 atom stereocenters. The number of nitrogens with one attached hydrogen (secondary N) is 1. The summed E-state index contributed by atoms with van der Waals surface area (Å²) in [5.41, 5.74) is 0. The van der Waals surface area contributed by atoms with Gasteiger partial charge in [0.2, 0.25) is 0 Å². The first kappa shape index (κ1) is 13.3. The van der Waals surface area contributed by atoms with Gasteiger partial charge in [-0.1, -0.05) is 0 Å². The minimum atomic E-state index is 0.773. The number of ether oxygens (including phenoxy) is 1. The lowest BCUT2D eigenvalue weighted by Gasteiger charge is -2.33. The Hall–Kier alpha value is -0.120. The van der Waals surface area contributed by atoms with Crippen LogP contribution in [-0.4, -0.2) is 50.3 Å². The normalized spacial score (nSPS) is 26.3. The quantitative estimate of drug-likeness (QED) is 0.657. The van der Waals surface area contributed by atoms with Crippen LogP contribution in [0.25, 0.3) is 0 Å². The average molecular weight is 240 g/mol. The van der Waals surface area contributed by atoms with E-state index in [-0.39, 0.29) is 0 Å². The van der Waals surface area contributed by atoms with Gasteiger partial charge in [0.15, 0.2) is 0 Å². The molecule has 100 valence electrons. The van der Waals surface area contributed by atoms with E-state index in [2.05, 4.69) is 10.2 Å². The Balaban J connectivity index is 1.53. The first-order valence-corrected chi connectivity index (χ1v) is 7.36. The summed E-state index contributed by atoms with van der Waals surface area (Å²) in [5.74, 6) is 0. The fourth-order valence-electron chi connectivity index (χ4n) is 2.74. The number of unbranched alkanes of at least 4 members (excludes halogenated alkanes) is 2. The fraction of sp³-hybridized carbons (Fsp3) is 1.00. The summed E-state index contributed by atoms with van der Waals surface area (Å²) in [6, 6.07) is 1.64. The van der Waals surface area contributed by atoms with Crippen molar-refractivity contribution in [3.8, 4) is 0 Å². The Labute approximate surface area is 106 Å². The van der Waals surface area contributed by atoms with E-state index in [0.717, 1.165) is 18.7 Å². The van der Waals surface area contributed by atoms with E-state index in [4.69, 9.17) is 4.74 Å². The molecule has 1 unspecified atom stereocenters. The van der Waals surface area contributed by atoms with Crippen LogP contribution in [0.15, 0.2) is 0 Å². The molecular formula is C14H28N2O. The molecule has 0 amide bonds. The Morgan fingerprint density at radius 1 is 1.12 bits per heavy atom. The molecule has 0 spiro atoms. The first-order chi connectivity index (χ1) is 8.38. The maximum absolute atomic E-state index is 5.08. The van der Waals surface area contributed by atoms with Crippen LogP contribution < -0.4 is 5.32 Å². The van der Waals surface area contributed by atoms with Crippen LogP contribution >= 0.6 is 0 Å². The summed E-state index contributed by atoms with van der Waals surface area (Å²) in [5, 5.41) is 3.77. The second-order valence-corrected chi connectivity index (χ2v) is 5.63. The highest BCUT2D eigenvalue weighted by Gasteiger charge is 2.27. The second-order valence-electron chi connectivity index (χ2n) is 5.63. The molecule has 0 aromatic heterocycles. The van der Waals surface area contributed by atoms with Crippen LogP contribution in [0.2, 0.25) is 0 Å². The molecule has 2 rings (SSSR count). The predicted octanol–water partition coefficient (Wildman–Crippen LogP) is 2.02. The lowest BCUT2D eigenvalue weighted by Crippen LogP contribution is -2.46. The number of nitrogens with zero attached hydrogens (tertiary/aromatic N) is 1. The molecule has 0 radical (unpaired) electrons. The second kappa shape index (κ2) is 7.34. The number of piperidine rings is 1. The Morgan fingerprint density at radius 2 is 2.00 bits per heavy atom. The molecule has 3 heteroatoms. The fourth-order valence-corrected chi connectivity index (χ4v) is 2.74. The summed E-state index contributed by atoms with van der Waals surface area (Å²) in [7, 11) is 1.79. The van der Waals surface area contributed by atoms with Crippen molar-refractivity contribution < 1.29 is 4.74 Å². The first-order valence-electron chi connectivity index (χ1n) is 7.36. The molecule has 2 fully saturated rings. The van der Waals surface area contributed by atoms with Gasteiger partial charge in [0.25, 0.3) is 0 Å². The summed E-state index contributed by atoms with van der Waals surface area (Å²) in [6.45, 7) is 4.80. The third kappa shape index (κ3) is 5.36. The minimum absolute atomic E-state index is 0.773. The maximum atomic E-state index is 5.08. The smallest absolute Gasteiger partial charge is 0.0462 e. The van der Waals surface area contributed by atoms with Crippen LogP contribution in [0.4, 0.5) is 0 Å². The van der Waals surface area contributed by atoms with E-state index in [1.165, 1.54) is 64.6 Å². The zero-order valence-corrected chi connectivity index (χ0v) is 11.3. The highest BCUT2D eigenvalue weighted by Crippen LogP contribution is 2.22. The SMILES string of the molecule is COCCCCCN1CCCC(NC2CC2)C1. The molecule has 1 aliphatic carbocycles. The summed E-state index contributed by atoms with van der Waals surface area (Å²) in [6.07, 6.45) is 9.44. The molecule has 1 heterocycles. The van der Waals surface area contributed by atoms with E-state index in [1.54, 1.807) is 7.11 Å². The van der Waals surface area contributed by atoms with E-state index in [1.807, 2.05) is 0 Å². The van der Waals surface area contributed by atoms with Gasteiger partial charge in [-0.2, -0.15) is 0 Å². The third-order valence-corrected chi connectivity index (χ3v) is 3.88. The molecule has 0 aromatic rings. The largest absolute Gasteiger partial charge is 0.385 e. The van der Waals surface area contributed by atoms with Gasteiger partial charge in [-0.15, -0.1) is 0 Å². The molecule has 1 saturated heterocycles. The minimum Gasteiger partial charge on any atom is -0.385 e. The van der Waals surface area contributed by atoms with Gasteiger partial charge in [0, 0.05) is 32.3 Å². The zero-order valence-electron chi connectivity index (χ0n) is 11.3. The molecule has 2 aliphatic rings. The van der Waals surface area contributed by atoms with Crippen molar-refractivity contribution in [2.75, 3.05) is 33.4 Å². The molecule has 1 N–H and O–H groups in total. The van der Waals surface area contributed by atoms with Crippen LogP contribution in [0, 0.1) is 0 Å². The van der Waals surface area contributed by atoms with Crippen molar-refractivity contribution in [2.45, 2.75) is 57.0 Å². The van der Waals surface area contributed by atoms with E-state index < -0.39 is 0 Å². The lowest BCUT2D eigenvalue weighted by atomic mass is 10.1. The zero-order chi connectivity index (χ0) is 11.9. The van der Waals surface area contributed by atoms with Crippen molar-refractivity contribution in [3.63, 3.8) is 0 Å². The molecule has 0 aromatic carbocycles. The summed E-state index contributed by atoms with van der Waals surface area (Å²) < 4.78 is 5.08. The van der Waals surface area contributed by atoms with Crippen molar-refractivity contribution in [2.24, 2.45) is 0 Å². The number of hydrogen-bond donors (Lipinski definition) is 1. The van der Waals surface area contributed by atoms with Gasteiger partial charge in [0.05, 0.1) is 0 Å². The Kier molecular flexibility index (Phi) is 5.75.